The highest BCUT2D eigenvalue weighted by Crippen LogP contribution is 2.24. The van der Waals surface area contributed by atoms with Gasteiger partial charge in [-0.2, -0.15) is 5.10 Å². The molecule has 1 unspecified atom stereocenters. The molecule has 3 rings (SSSR count). The summed E-state index contributed by atoms with van der Waals surface area (Å²) in [7, 11) is 0. The maximum Gasteiger partial charge on any atom is 0.224 e. The van der Waals surface area contributed by atoms with Gasteiger partial charge in [0.05, 0.1) is 5.69 Å². The molecule has 1 atom stereocenters. The van der Waals surface area contributed by atoms with Gasteiger partial charge in [0, 0.05) is 24.5 Å². The molecule has 1 aromatic heterocycles. The molecule has 2 aromatic rings. The Morgan fingerprint density at radius 2 is 2.09 bits per heavy atom. The van der Waals surface area contributed by atoms with Gasteiger partial charge >= 0.3 is 0 Å². The lowest BCUT2D eigenvalue weighted by atomic mass is 9.84. The number of carbonyl (C=O) groups excluding carboxylic acids is 1. The fourth-order valence-electron chi connectivity index (χ4n) is 3.20. The average Bonchev–Trinajstić information content (AvgIpc) is 3.11. The van der Waals surface area contributed by atoms with Crippen LogP contribution in [0.15, 0.2) is 42.7 Å². The fourth-order valence-corrected chi connectivity index (χ4v) is 3.20. The summed E-state index contributed by atoms with van der Waals surface area (Å²) in [5.74, 6) is 1.19. The number of rotatable bonds is 5. The van der Waals surface area contributed by atoms with Crippen molar-refractivity contribution in [2.24, 2.45) is 11.8 Å². The van der Waals surface area contributed by atoms with Crippen molar-refractivity contribution in [3.8, 4) is 5.69 Å². The maximum atomic E-state index is 12.2. The van der Waals surface area contributed by atoms with Crippen molar-refractivity contribution in [3.05, 3.63) is 42.7 Å². The van der Waals surface area contributed by atoms with E-state index in [1.165, 1.54) is 12.8 Å². The van der Waals surface area contributed by atoms with Gasteiger partial charge < -0.3 is 10.6 Å². The Labute approximate surface area is 137 Å². The van der Waals surface area contributed by atoms with E-state index in [9.17, 15) is 4.79 Å². The van der Waals surface area contributed by atoms with Crippen molar-refractivity contribution in [1.82, 2.24) is 15.1 Å². The quantitative estimate of drug-likeness (QED) is 0.892. The van der Waals surface area contributed by atoms with Crippen molar-refractivity contribution in [2.75, 3.05) is 18.4 Å². The molecule has 5 heteroatoms. The van der Waals surface area contributed by atoms with Crippen molar-refractivity contribution in [2.45, 2.75) is 26.2 Å². The molecule has 1 aromatic carbocycles. The van der Waals surface area contributed by atoms with Gasteiger partial charge in [-0.1, -0.05) is 6.92 Å². The Morgan fingerprint density at radius 3 is 2.74 bits per heavy atom. The van der Waals surface area contributed by atoms with Crippen LogP contribution in [-0.2, 0) is 4.79 Å². The largest absolute Gasteiger partial charge is 0.326 e. The summed E-state index contributed by atoms with van der Waals surface area (Å²) < 4.78 is 1.80. The van der Waals surface area contributed by atoms with Crippen LogP contribution in [0.2, 0.25) is 0 Å². The van der Waals surface area contributed by atoms with Gasteiger partial charge in [-0.25, -0.2) is 4.68 Å². The van der Waals surface area contributed by atoms with E-state index in [1.807, 2.05) is 36.5 Å². The summed E-state index contributed by atoms with van der Waals surface area (Å²) in [6.45, 7) is 4.34. The molecule has 23 heavy (non-hydrogen) atoms. The van der Waals surface area contributed by atoms with Gasteiger partial charge in [0.1, 0.15) is 0 Å². The number of benzene rings is 1. The van der Waals surface area contributed by atoms with Crippen LogP contribution >= 0.6 is 0 Å². The van der Waals surface area contributed by atoms with E-state index in [2.05, 4.69) is 22.7 Å². The third kappa shape index (κ3) is 4.20. The van der Waals surface area contributed by atoms with E-state index in [1.54, 1.807) is 10.9 Å². The molecular formula is C18H24N4O. The predicted molar refractivity (Wildman–Crippen MR) is 91.6 cm³/mol. The summed E-state index contributed by atoms with van der Waals surface area (Å²) in [5.41, 5.74) is 1.82. The van der Waals surface area contributed by atoms with E-state index in [0.29, 0.717) is 18.3 Å². The molecule has 0 bridgehead atoms. The highest BCUT2D eigenvalue weighted by atomic mass is 16.1. The van der Waals surface area contributed by atoms with Crippen LogP contribution in [0.5, 0.6) is 0 Å². The first-order valence-electron chi connectivity index (χ1n) is 8.33. The minimum atomic E-state index is 0.0999. The lowest BCUT2D eigenvalue weighted by Crippen LogP contribution is -2.32. The second-order valence-corrected chi connectivity index (χ2v) is 6.31. The van der Waals surface area contributed by atoms with E-state index >= 15 is 0 Å². The Balaban J connectivity index is 1.53. The summed E-state index contributed by atoms with van der Waals surface area (Å²) in [6, 6.07) is 9.64. The third-order valence-electron chi connectivity index (χ3n) is 4.62. The minimum absolute atomic E-state index is 0.0999. The molecule has 1 aliphatic heterocycles. The van der Waals surface area contributed by atoms with Crippen LogP contribution < -0.4 is 10.6 Å². The number of hydrogen-bond acceptors (Lipinski definition) is 3. The number of nitrogens with zero attached hydrogens (tertiary/aromatic N) is 2. The molecule has 0 aliphatic carbocycles. The van der Waals surface area contributed by atoms with Gasteiger partial charge in [-0.15, -0.1) is 0 Å². The first kappa shape index (κ1) is 15.7. The minimum Gasteiger partial charge on any atom is -0.326 e. The molecule has 122 valence electrons. The molecule has 0 saturated carbocycles. The normalized spacial score (nSPS) is 16.9. The second-order valence-electron chi connectivity index (χ2n) is 6.31. The van der Waals surface area contributed by atoms with Gasteiger partial charge in [0.25, 0.3) is 0 Å². The molecule has 1 fully saturated rings. The first-order chi connectivity index (χ1) is 11.2. The average molecular weight is 312 g/mol. The second kappa shape index (κ2) is 7.42. The molecule has 5 nitrogen and oxygen atoms in total. The van der Waals surface area contributed by atoms with Crippen LogP contribution in [0.4, 0.5) is 5.69 Å². The monoisotopic (exact) mass is 312 g/mol. The van der Waals surface area contributed by atoms with Gasteiger partial charge in [-0.05, 0) is 68.1 Å². The molecule has 0 radical (unpaired) electrons. The Kier molecular flexibility index (Phi) is 5.08. The molecule has 0 spiro atoms. The van der Waals surface area contributed by atoms with Crippen LogP contribution in [0.1, 0.15) is 26.2 Å². The molecule has 2 N–H and O–H groups in total. The smallest absolute Gasteiger partial charge is 0.224 e. The van der Waals surface area contributed by atoms with Gasteiger partial charge in [0.2, 0.25) is 5.91 Å². The number of nitrogens with one attached hydrogen (secondary N) is 2. The third-order valence-corrected chi connectivity index (χ3v) is 4.62. The Morgan fingerprint density at radius 1 is 1.35 bits per heavy atom. The van der Waals surface area contributed by atoms with E-state index in [0.717, 1.165) is 24.5 Å². The summed E-state index contributed by atoms with van der Waals surface area (Å²) >= 11 is 0. The topological polar surface area (TPSA) is 59.0 Å². The van der Waals surface area contributed by atoms with Crippen molar-refractivity contribution >= 4 is 11.6 Å². The Bertz CT molecular complexity index is 615. The lowest BCUT2D eigenvalue weighted by molar-refractivity contribution is -0.117. The number of hydrogen-bond donors (Lipinski definition) is 2. The molecule has 2 heterocycles. The number of aromatic nitrogens is 2. The maximum absolute atomic E-state index is 12.2. The summed E-state index contributed by atoms with van der Waals surface area (Å²) in [6.07, 6.45) is 6.58. The van der Waals surface area contributed by atoms with E-state index in [4.69, 9.17) is 0 Å². The molecule has 1 saturated heterocycles. The first-order valence-corrected chi connectivity index (χ1v) is 8.33. The van der Waals surface area contributed by atoms with Crippen LogP contribution in [0, 0.1) is 11.8 Å². The SMILES string of the molecule is CC(CC(=O)Nc1ccc(-n2cccn2)cc1)C1CCNCC1. The van der Waals surface area contributed by atoms with Gasteiger partial charge in [0.15, 0.2) is 0 Å². The van der Waals surface area contributed by atoms with Crippen molar-refractivity contribution in [3.63, 3.8) is 0 Å². The molecular weight excluding hydrogens is 288 g/mol. The van der Waals surface area contributed by atoms with E-state index in [-0.39, 0.29) is 5.91 Å². The summed E-state index contributed by atoms with van der Waals surface area (Å²) in [5, 5.41) is 10.6. The van der Waals surface area contributed by atoms with Crippen LogP contribution in [-0.4, -0.2) is 28.8 Å². The zero-order valence-corrected chi connectivity index (χ0v) is 13.5. The van der Waals surface area contributed by atoms with Crippen LogP contribution in [0.25, 0.3) is 5.69 Å². The molecule has 1 aliphatic rings. The zero-order chi connectivity index (χ0) is 16.1. The van der Waals surface area contributed by atoms with Gasteiger partial charge in [-0.3, -0.25) is 4.79 Å². The lowest BCUT2D eigenvalue weighted by Gasteiger charge is -2.27. The predicted octanol–water partition coefficient (Wildman–Crippen LogP) is 2.84. The standard InChI is InChI=1S/C18H24N4O/c1-14(15-7-10-19-11-8-15)13-18(23)21-16-3-5-17(6-4-16)22-12-2-9-20-22/h2-6,9,12,14-15,19H,7-8,10-11,13H2,1H3,(H,21,23). The van der Waals surface area contributed by atoms with Crippen molar-refractivity contribution in [1.29, 1.82) is 0 Å². The highest BCUT2D eigenvalue weighted by molar-refractivity contribution is 5.90. The number of anilines is 1. The van der Waals surface area contributed by atoms with Crippen LogP contribution in [0.3, 0.4) is 0 Å². The van der Waals surface area contributed by atoms with Crippen molar-refractivity contribution < 1.29 is 4.79 Å². The number of amides is 1. The Hall–Kier alpha value is -2.14. The van der Waals surface area contributed by atoms with E-state index < -0.39 is 0 Å². The molecule has 1 amide bonds. The summed E-state index contributed by atoms with van der Waals surface area (Å²) in [4.78, 5) is 12.2. The number of piperidine rings is 1. The number of carbonyl (C=O) groups is 1. The highest BCUT2D eigenvalue weighted by Gasteiger charge is 2.21. The fraction of sp³-hybridized carbons (Fsp3) is 0.444. The zero-order valence-electron chi connectivity index (χ0n) is 13.5.